The monoisotopic (exact) mass is 227 g/mol. The molecule has 2 heteroatoms. The molecule has 1 aromatic carbocycles. The topological polar surface area (TPSA) is 26.0 Å². The smallest absolute Gasteiger partial charge is 0.170 e. The van der Waals surface area contributed by atoms with E-state index in [1.165, 1.54) is 40.8 Å². The third-order valence-corrected chi connectivity index (χ3v) is 3.67. The molecule has 0 fully saturated rings. The first-order valence-electron chi connectivity index (χ1n) is 6.31. The molecule has 0 bridgehead atoms. The minimum atomic E-state index is 1.01. The molecular formula is C15H17NO. The fourth-order valence-corrected chi connectivity index (χ4v) is 2.76. The first-order valence-corrected chi connectivity index (χ1v) is 6.31. The summed E-state index contributed by atoms with van der Waals surface area (Å²) in [5.74, 6) is 1.01. The molecule has 1 aliphatic rings. The van der Waals surface area contributed by atoms with Gasteiger partial charge in [0, 0.05) is 11.1 Å². The first-order chi connectivity index (χ1) is 8.27. The van der Waals surface area contributed by atoms with Gasteiger partial charge in [0.1, 0.15) is 0 Å². The van der Waals surface area contributed by atoms with Crippen molar-refractivity contribution in [2.24, 2.45) is 0 Å². The van der Waals surface area contributed by atoms with E-state index in [0.29, 0.717) is 0 Å². The molecule has 3 rings (SSSR count). The number of nitrogens with zero attached hydrogens (tertiary/aromatic N) is 1. The number of hydrogen-bond donors (Lipinski definition) is 0. The van der Waals surface area contributed by atoms with Crippen molar-refractivity contribution in [3.8, 4) is 11.3 Å². The Morgan fingerprint density at radius 1 is 1.06 bits per heavy atom. The minimum absolute atomic E-state index is 1.01. The Kier molecular flexibility index (Phi) is 2.50. The fraction of sp³-hybridized carbons (Fsp3) is 0.400. The van der Waals surface area contributed by atoms with E-state index in [-0.39, 0.29) is 0 Å². The van der Waals surface area contributed by atoms with Crippen molar-refractivity contribution in [1.29, 1.82) is 0 Å². The van der Waals surface area contributed by atoms with Gasteiger partial charge >= 0.3 is 0 Å². The molecule has 0 saturated heterocycles. The zero-order chi connectivity index (χ0) is 11.8. The van der Waals surface area contributed by atoms with E-state index in [1.54, 1.807) is 0 Å². The summed E-state index contributed by atoms with van der Waals surface area (Å²) in [4.78, 5) is 0. The van der Waals surface area contributed by atoms with Crippen LogP contribution in [0.15, 0.2) is 22.7 Å². The van der Waals surface area contributed by atoms with Crippen LogP contribution < -0.4 is 0 Å². The van der Waals surface area contributed by atoms with Gasteiger partial charge in [-0.05, 0) is 50.7 Å². The number of benzene rings is 1. The first kappa shape index (κ1) is 10.6. The SMILES string of the molecule is Cc1cccc(C)c1-c1onc2c1CCCC2. The summed E-state index contributed by atoms with van der Waals surface area (Å²) in [6.07, 6.45) is 4.68. The predicted molar refractivity (Wildman–Crippen MR) is 68.1 cm³/mol. The van der Waals surface area contributed by atoms with Crippen molar-refractivity contribution < 1.29 is 4.52 Å². The van der Waals surface area contributed by atoms with Gasteiger partial charge < -0.3 is 4.52 Å². The average Bonchev–Trinajstić information content (AvgIpc) is 2.73. The third kappa shape index (κ3) is 1.68. The summed E-state index contributed by atoms with van der Waals surface area (Å²) in [7, 11) is 0. The van der Waals surface area contributed by atoms with Gasteiger partial charge in [-0.2, -0.15) is 0 Å². The van der Waals surface area contributed by atoms with Crippen LogP contribution in [0.4, 0.5) is 0 Å². The highest BCUT2D eigenvalue weighted by Crippen LogP contribution is 2.34. The highest BCUT2D eigenvalue weighted by atomic mass is 16.5. The quantitative estimate of drug-likeness (QED) is 0.739. The van der Waals surface area contributed by atoms with E-state index in [1.807, 2.05) is 0 Å². The molecule has 17 heavy (non-hydrogen) atoms. The summed E-state index contributed by atoms with van der Waals surface area (Å²) in [6.45, 7) is 4.28. The molecule has 0 saturated carbocycles. The fourth-order valence-electron chi connectivity index (χ4n) is 2.76. The summed E-state index contributed by atoms with van der Waals surface area (Å²) < 4.78 is 5.62. The van der Waals surface area contributed by atoms with Crippen LogP contribution in [-0.2, 0) is 12.8 Å². The lowest BCUT2D eigenvalue weighted by Gasteiger charge is -2.11. The van der Waals surface area contributed by atoms with Gasteiger partial charge in [-0.15, -0.1) is 0 Å². The Morgan fingerprint density at radius 2 is 1.76 bits per heavy atom. The molecule has 0 unspecified atom stereocenters. The van der Waals surface area contributed by atoms with Crippen molar-refractivity contribution in [2.75, 3.05) is 0 Å². The molecule has 0 N–H and O–H groups in total. The second-order valence-corrected chi connectivity index (χ2v) is 4.91. The second-order valence-electron chi connectivity index (χ2n) is 4.91. The summed E-state index contributed by atoms with van der Waals surface area (Å²) >= 11 is 0. The summed E-state index contributed by atoms with van der Waals surface area (Å²) in [6, 6.07) is 6.37. The molecule has 0 spiro atoms. The molecular weight excluding hydrogens is 210 g/mol. The molecule has 1 aliphatic carbocycles. The van der Waals surface area contributed by atoms with Crippen molar-refractivity contribution in [1.82, 2.24) is 5.16 Å². The number of fused-ring (bicyclic) bond motifs is 1. The van der Waals surface area contributed by atoms with E-state index in [9.17, 15) is 0 Å². The van der Waals surface area contributed by atoms with Gasteiger partial charge in [0.15, 0.2) is 5.76 Å². The van der Waals surface area contributed by atoms with Gasteiger partial charge in [-0.3, -0.25) is 0 Å². The van der Waals surface area contributed by atoms with Gasteiger partial charge in [0.2, 0.25) is 0 Å². The van der Waals surface area contributed by atoms with Crippen LogP contribution in [0.2, 0.25) is 0 Å². The molecule has 2 aromatic rings. The Labute approximate surface area is 102 Å². The van der Waals surface area contributed by atoms with Crippen molar-refractivity contribution in [2.45, 2.75) is 39.5 Å². The lowest BCUT2D eigenvalue weighted by molar-refractivity contribution is 0.422. The van der Waals surface area contributed by atoms with Crippen LogP contribution in [0.1, 0.15) is 35.2 Å². The van der Waals surface area contributed by atoms with Crippen LogP contribution in [0, 0.1) is 13.8 Å². The average molecular weight is 227 g/mol. The summed E-state index contributed by atoms with van der Waals surface area (Å²) in [5.41, 5.74) is 6.30. The van der Waals surface area contributed by atoms with Gasteiger partial charge in [0.25, 0.3) is 0 Å². The van der Waals surface area contributed by atoms with E-state index in [2.05, 4.69) is 37.2 Å². The lowest BCUT2D eigenvalue weighted by atomic mass is 9.91. The largest absolute Gasteiger partial charge is 0.356 e. The molecule has 1 aromatic heterocycles. The minimum Gasteiger partial charge on any atom is -0.356 e. The van der Waals surface area contributed by atoms with Crippen LogP contribution in [0.25, 0.3) is 11.3 Å². The highest BCUT2D eigenvalue weighted by molar-refractivity contribution is 5.69. The van der Waals surface area contributed by atoms with E-state index in [0.717, 1.165) is 18.6 Å². The van der Waals surface area contributed by atoms with Crippen molar-refractivity contribution >= 4 is 0 Å². The maximum absolute atomic E-state index is 5.62. The Hall–Kier alpha value is -1.57. The number of aryl methyl sites for hydroxylation is 3. The molecule has 88 valence electrons. The Balaban J connectivity index is 2.19. The Morgan fingerprint density at radius 3 is 2.53 bits per heavy atom. The molecule has 0 radical (unpaired) electrons. The van der Waals surface area contributed by atoms with Crippen LogP contribution in [-0.4, -0.2) is 5.16 Å². The zero-order valence-corrected chi connectivity index (χ0v) is 10.4. The highest BCUT2D eigenvalue weighted by Gasteiger charge is 2.22. The number of aromatic nitrogens is 1. The van der Waals surface area contributed by atoms with Crippen molar-refractivity contribution in [3.63, 3.8) is 0 Å². The third-order valence-electron chi connectivity index (χ3n) is 3.67. The Bertz CT molecular complexity index is 534. The standard InChI is InChI=1S/C15H17NO/c1-10-6-5-7-11(2)14(10)15-12-8-3-4-9-13(12)16-17-15/h5-7H,3-4,8-9H2,1-2H3. The zero-order valence-electron chi connectivity index (χ0n) is 10.4. The molecule has 1 heterocycles. The lowest BCUT2D eigenvalue weighted by Crippen LogP contribution is -2.01. The summed E-state index contributed by atoms with van der Waals surface area (Å²) in [5, 5.41) is 4.24. The van der Waals surface area contributed by atoms with E-state index in [4.69, 9.17) is 4.52 Å². The van der Waals surface area contributed by atoms with E-state index >= 15 is 0 Å². The maximum atomic E-state index is 5.62. The number of rotatable bonds is 1. The normalized spacial score (nSPS) is 14.7. The van der Waals surface area contributed by atoms with Gasteiger partial charge in [-0.25, -0.2) is 0 Å². The predicted octanol–water partition coefficient (Wildman–Crippen LogP) is 3.84. The molecule has 0 aliphatic heterocycles. The second kappa shape index (κ2) is 4.02. The van der Waals surface area contributed by atoms with Crippen molar-refractivity contribution in [3.05, 3.63) is 40.6 Å². The molecule has 2 nitrogen and oxygen atoms in total. The maximum Gasteiger partial charge on any atom is 0.170 e. The van der Waals surface area contributed by atoms with Crippen LogP contribution in [0.3, 0.4) is 0 Å². The molecule has 0 atom stereocenters. The van der Waals surface area contributed by atoms with Crippen LogP contribution >= 0.6 is 0 Å². The molecule has 0 amide bonds. The number of hydrogen-bond acceptors (Lipinski definition) is 2. The van der Waals surface area contributed by atoms with Crippen LogP contribution in [0.5, 0.6) is 0 Å². The van der Waals surface area contributed by atoms with E-state index < -0.39 is 0 Å². The van der Waals surface area contributed by atoms with Gasteiger partial charge in [-0.1, -0.05) is 23.4 Å². The van der Waals surface area contributed by atoms with Gasteiger partial charge in [0.05, 0.1) is 5.69 Å².